The molecular formula is C14H24N4O. The smallest absolute Gasteiger partial charge is 0.255 e. The first kappa shape index (κ1) is 14.1. The van der Waals surface area contributed by atoms with E-state index in [1.807, 2.05) is 13.8 Å². The van der Waals surface area contributed by atoms with Crippen molar-refractivity contribution in [1.82, 2.24) is 20.4 Å². The van der Waals surface area contributed by atoms with E-state index in [9.17, 15) is 4.79 Å². The van der Waals surface area contributed by atoms with Crippen molar-refractivity contribution >= 4 is 5.91 Å². The third kappa shape index (κ3) is 3.15. The Balaban J connectivity index is 1.91. The van der Waals surface area contributed by atoms with Crippen LogP contribution in [0.15, 0.2) is 0 Å². The molecule has 0 saturated carbocycles. The minimum Gasteiger partial charge on any atom is -0.349 e. The van der Waals surface area contributed by atoms with Crippen LogP contribution in [-0.2, 0) is 0 Å². The summed E-state index contributed by atoms with van der Waals surface area (Å²) in [6.45, 7) is 10.3. The summed E-state index contributed by atoms with van der Waals surface area (Å²) in [5, 5.41) is 10.1. The first-order valence-electron chi connectivity index (χ1n) is 7.05. The van der Waals surface area contributed by atoms with Crippen LogP contribution in [0.1, 0.15) is 48.4 Å². The van der Waals surface area contributed by atoms with Crippen molar-refractivity contribution in [3.63, 3.8) is 0 Å². The number of aryl methyl sites for hydroxylation is 2. The summed E-state index contributed by atoms with van der Waals surface area (Å²) in [6, 6.07) is 0.881. The second-order valence-electron chi connectivity index (χ2n) is 5.69. The fourth-order valence-corrected chi connectivity index (χ4v) is 2.70. The number of H-pyrrole nitrogens is 1. The second kappa shape index (κ2) is 5.74. The molecule has 0 radical (unpaired) electrons. The molecule has 0 aliphatic carbocycles. The van der Waals surface area contributed by atoms with Gasteiger partial charge in [-0.15, -0.1) is 0 Å². The van der Waals surface area contributed by atoms with Crippen LogP contribution < -0.4 is 5.32 Å². The quantitative estimate of drug-likeness (QED) is 0.872. The van der Waals surface area contributed by atoms with Gasteiger partial charge in [0.05, 0.1) is 11.3 Å². The van der Waals surface area contributed by atoms with Gasteiger partial charge in [-0.05, 0) is 40.5 Å². The topological polar surface area (TPSA) is 61.0 Å². The number of carbonyl (C=O) groups excluding carboxylic acids is 1. The van der Waals surface area contributed by atoms with Gasteiger partial charge in [-0.1, -0.05) is 0 Å². The van der Waals surface area contributed by atoms with Gasteiger partial charge in [0.25, 0.3) is 5.91 Å². The lowest BCUT2D eigenvalue weighted by atomic mass is 10.0. The lowest BCUT2D eigenvalue weighted by Crippen LogP contribution is -2.46. The van der Waals surface area contributed by atoms with Crippen LogP contribution in [0, 0.1) is 13.8 Å². The summed E-state index contributed by atoms with van der Waals surface area (Å²) in [6.07, 6.45) is 2.06. The number of hydrogen-bond donors (Lipinski definition) is 2. The summed E-state index contributed by atoms with van der Waals surface area (Å²) in [5.41, 5.74) is 2.32. The van der Waals surface area contributed by atoms with Crippen molar-refractivity contribution in [3.05, 3.63) is 17.0 Å². The van der Waals surface area contributed by atoms with E-state index in [1.165, 1.54) is 0 Å². The van der Waals surface area contributed by atoms with E-state index < -0.39 is 0 Å². The highest BCUT2D eigenvalue weighted by Crippen LogP contribution is 2.15. The fraction of sp³-hybridized carbons (Fsp3) is 0.714. The molecule has 2 heterocycles. The Morgan fingerprint density at radius 2 is 2.00 bits per heavy atom. The van der Waals surface area contributed by atoms with Crippen LogP contribution in [-0.4, -0.2) is 46.2 Å². The highest BCUT2D eigenvalue weighted by atomic mass is 16.1. The van der Waals surface area contributed by atoms with Gasteiger partial charge in [-0.3, -0.25) is 9.89 Å². The number of piperidine rings is 1. The maximum Gasteiger partial charge on any atom is 0.255 e. The molecule has 1 aliphatic heterocycles. The van der Waals surface area contributed by atoms with Gasteiger partial charge in [-0.25, -0.2) is 0 Å². The number of rotatable bonds is 3. The van der Waals surface area contributed by atoms with Crippen molar-refractivity contribution in [2.24, 2.45) is 0 Å². The number of nitrogens with one attached hydrogen (secondary N) is 2. The summed E-state index contributed by atoms with van der Waals surface area (Å²) in [7, 11) is 0. The Morgan fingerprint density at radius 1 is 1.37 bits per heavy atom. The largest absolute Gasteiger partial charge is 0.349 e. The maximum absolute atomic E-state index is 12.2. The first-order valence-corrected chi connectivity index (χ1v) is 7.05. The van der Waals surface area contributed by atoms with Crippen LogP contribution in [0.2, 0.25) is 0 Å². The van der Waals surface area contributed by atoms with E-state index in [1.54, 1.807) is 0 Å². The molecule has 1 amide bonds. The Morgan fingerprint density at radius 3 is 2.47 bits per heavy atom. The molecular weight excluding hydrogens is 240 g/mol. The Kier molecular flexibility index (Phi) is 4.24. The normalized spacial score (nSPS) is 17.9. The SMILES string of the molecule is Cc1n[nH]c(C)c1C(=O)NC1CCN(C(C)C)CC1. The number of hydrogen-bond acceptors (Lipinski definition) is 3. The zero-order valence-electron chi connectivity index (χ0n) is 12.3. The van der Waals surface area contributed by atoms with E-state index in [4.69, 9.17) is 0 Å². The van der Waals surface area contributed by atoms with E-state index in [0.29, 0.717) is 11.6 Å². The Bertz CT molecular complexity index is 425. The van der Waals surface area contributed by atoms with Crippen molar-refractivity contribution < 1.29 is 4.79 Å². The highest BCUT2D eigenvalue weighted by Gasteiger charge is 2.24. The van der Waals surface area contributed by atoms with Crippen LogP contribution in [0.5, 0.6) is 0 Å². The van der Waals surface area contributed by atoms with Crippen LogP contribution >= 0.6 is 0 Å². The van der Waals surface area contributed by atoms with Gasteiger partial charge >= 0.3 is 0 Å². The van der Waals surface area contributed by atoms with Gasteiger partial charge in [-0.2, -0.15) is 5.10 Å². The zero-order valence-corrected chi connectivity index (χ0v) is 12.3. The number of aromatic amines is 1. The number of aromatic nitrogens is 2. The molecule has 5 nitrogen and oxygen atoms in total. The predicted molar refractivity (Wildman–Crippen MR) is 75.3 cm³/mol. The fourth-order valence-electron chi connectivity index (χ4n) is 2.70. The van der Waals surface area contributed by atoms with E-state index in [0.717, 1.165) is 37.3 Å². The molecule has 1 aliphatic rings. The molecule has 1 aromatic rings. The summed E-state index contributed by atoms with van der Waals surface area (Å²) < 4.78 is 0. The van der Waals surface area contributed by atoms with Crippen LogP contribution in [0.3, 0.4) is 0 Å². The van der Waals surface area contributed by atoms with Gasteiger partial charge in [0.15, 0.2) is 0 Å². The first-order chi connectivity index (χ1) is 8.99. The third-order valence-electron chi connectivity index (χ3n) is 3.95. The molecule has 1 aromatic heterocycles. The Labute approximate surface area is 114 Å². The second-order valence-corrected chi connectivity index (χ2v) is 5.69. The molecule has 0 unspecified atom stereocenters. The molecule has 1 saturated heterocycles. The molecule has 0 spiro atoms. The molecule has 2 N–H and O–H groups in total. The number of nitrogens with zero attached hydrogens (tertiary/aromatic N) is 2. The number of carbonyl (C=O) groups is 1. The molecule has 19 heavy (non-hydrogen) atoms. The Hall–Kier alpha value is -1.36. The van der Waals surface area contributed by atoms with Crippen LogP contribution in [0.25, 0.3) is 0 Å². The molecule has 2 rings (SSSR count). The number of amides is 1. The molecule has 0 atom stereocenters. The number of likely N-dealkylation sites (tertiary alicyclic amines) is 1. The van der Waals surface area contributed by atoms with Crippen LogP contribution in [0.4, 0.5) is 0 Å². The van der Waals surface area contributed by atoms with E-state index in [2.05, 4.69) is 34.3 Å². The van der Waals surface area contributed by atoms with Crippen molar-refractivity contribution in [2.75, 3.05) is 13.1 Å². The molecule has 0 aromatic carbocycles. The summed E-state index contributed by atoms with van der Waals surface area (Å²) >= 11 is 0. The van der Waals surface area contributed by atoms with Gasteiger partial charge in [0.2, 0.25) is 0 Å². The molecule has 0 bridgehead atoms. The lowest BCUT2D eigenvalue weighted by Gasteiger charge is -2.34. The summed E-state index contributed by atoms with van der Waals surface area (Å²) in [4.78, 5) is 14.7. The van der Waals surface area contributed by atoms with Gasteiger partial charge in [0, 0.05) is 30.9 Å². The van der Waals surface area contributed by atoms with E-state index in [-0.39, 0.29) is 11.9 Å². The maximum atomic E-state index is 12.2. The minimum absolute atomic E-state index is 0.00625. The monoisotopic (exact) mass is 264 g/mol. The average Bonchev–Trinajstić information content (AvgIpc) is 2.69. The highest BCUT2D eigenvalue weighted by molar-refractivity contribution is 5.96. The van der Waals surface area contributed by atoms with Crippen molar-refractivity contribution in [3.8, 4) is 0 Å². The standard InChI is InChI=1S/C14H24N4O/c1-9(2)18-7-5-12(6-8-18)15-14(19)13-10(3)16-17-11(13)4/h9,12H,5-8H2,1-4H3,(H,15,19)(H,16,17). The van der Waals surface area contributed by atoms with Crippen molar-refractivity contribution in [2.45, 2.75) is 52.6 Å². The van der Waals surface area contributed by atoms with Gasteiger partial charge in [0.1, 0.15) is 0 Å². The summed E-state index contributed by atoms with van der Waals surface area (Å²) in [5.74, 6) is 0.00625. The van der Waals surface area contributed by atoms with E-state index >= 15 is 0 Å². The van der Waals surface area contributed by atoms with Crippen molar-refractivity contribution in [1.29, 1.82) is 0 Å². The zero-order chi connectivity index (χ0) is 14.0. The third-order valence-corrected chi connectivity index (χ3v) is 3.95. The lowest BCUT2D eigenvalue weighted by molar-refractivity contribution is 0.0899. The van der Waals surface area contributed by atoms with Gasteiger partial charge < -0.3 is 10.2 Å². The molecule has 5 heteroatoms. The predicted octanol–water partition coefficient (Wildman–Crippen LogP) is 1.63. The minimum atomic E-state index is 0.00625. The molecule has 106 valence electrons. The molecule has 1 fully saturated rings. The average molecular weight is 264 g/mol.